The zero-order chi connectivity index (χ0) is 10.7. The Hall–Kier alpha value is -1.26. The highest BCUT2D eigenvalue weighted by Crippen LogP contribution is 2.35. The molecule has 1 nitrogen and oxygen atoms in total. The van der Waals surface area contributed by atoms with E-state index in [2.05, 4.69) is 6.07 Å². The van der Waals surface area contributed by atoms with Crippen LogP contribution in [0.25, 0.3) is 5.57 Å². The van der Waals surface area contributed by atoms with Crippen LogP contribution in [0.15, 0.2) is 29.8 Å². The molecule has 1 aromatic carbocycles. The Morgan fingerprint density at radius 2 is 2.07 bits per heavy atom. The standard InChI is InChI=1S/C13H12ClN/c14-8-10-5-3-7-12(10)13-6-2-1-4-11(13)9-15/h1-2,4,6H,3,5,7-8H2. The Kier molecular flexibility index (Phi) is 3.08. The van der Waals surface area contributed by atoms with Crippen molar-refractivity contribution in [1.29, 1.82) is 5.26 Å². The molecule has 0 bridgehead atoms. The van der Waals surface area contributed by atoms with Gasteiger partial charge in [-0.05, 0) is 36.5 Å². The first-order valence-electron chi connectivity index (χ1n) is 5.13. The van der Waals surface area contributed by atoms with Crippen LogP contribution in [-0.2, 0) is 0 Å². The molecule has 0 N–H and O–H groups in total. The summed E-state index contributed by atoms with van der Waals surface area (Å²) in [5.41, 5.74) is 4.44. The summed E-state index contributed by atoms with van der Waals surface area (Å²) in [4.78, 5) is 0. The molecule has 0 atom stereocenters. The maximum Gasteiger partial charge on any atom is 0.0998 e. The molecule has 0 saturated carbocycles. The first kappa shape index (κ1) is 10.3. The van der Waals surface area contributed by atoms with Gasteiger partial charge in [0.15, 0.2) is 0 Å². The third-order valence-corrected chi connectivity index (χ3v) is 3.19. The van der Waals surface area contributed by atoms with Crippen LogP contribution < -0.4 is 0 Å². The Balaban J connectivity index is 2.50. The van der Waals surface area contributed by atoms with E-state index in [4.69, 9.17) is 16.9 Å². The van der Waals surface area contributed by atoms with Crippen molar-refractivity contribution in [2.45, 2.75) is 19.3 Å². The summed E-state index contributed by atoms with van der Waals surface area (Å²) in [6.07, 6.45) is 3.30. The molecule has 2 heteroatoms. The van der Waals surface area contributed by atoms with Crippen molar-refractivity contribution in [3.8, 4) is 6.07 Å². The van der Waals surface area contributed by atoms with Gasteiger partial charge in [0.05, 0.1) is 11.6 Å². The number of hydrogen-bond donors (Lipinski definition) is 0. The number of allylic oxidation sites excluding steroid dienone is 2. The fourth-order valence-corrected chi connectivity index (χ4v) is 2.42. The molecule has 76 valence electrons. The van der Waals surface area contributed by atoms with Crippen molar-refractivity contribution in [2.75, 3.05) is 5.88 Å². The molecular formula is C13H12ClN. The van der Waals surface area contributed by atoms with E-state index in [0.29, 0.717) is 5.88 Å². The highest BCUT2D eigenvalue weighted by molar-refractivity contribution is 6.20. The largest absolute Gasteiger partial charge is 0.192 e. The van der Waals surface area contributed by atoms with Crippen LogP contribution in [0.1, 0.15) is 30.4 Å². The first-order chi connectivity index (χ1) is 7.36. The molecule has 0 radical (unpaired) electrons. The zero-order valence-corrected chi connectivity index (χ0v) is 9.22. The lowest BCUT2D eigenvalue weighted by atomic mass is 9.98. The normalized spacial score (nSPS) is 15.5. The number of hydrogen-bond acceptors (Lipinski definition) is 1. The fraction of sp³-hybridized carbons (Fsp3) is 0.308. The Labute approximate surface area is 95.0 Å². The number of halogens is 1. The smallest absolute Gasteiger partial charge is 0.0998 e. The summed E-state index contributed by atoms with van der Waals surface area (Å²) in [5.74, 6) is 0.592. The van der Waals surface area contributed by atoms with E-state index >= 15 is 0 Å². The predicted molar refractivity (Wildman–Crippen MR) is 62.6 cm³/mol. The van der Waals surface area contributed by atoms with Gasteiger partial charge in [0, 0.05) is 5.88 Å². The van der Waals surface area contributed by atoms with Crippen LogP contribution in [0, 0.1) is 11.3 Å². The van der Waals surface area contributed by atoms with Crippen molar-refractivity contribution >= 4 is 17.2 Å². The second kappa shape index (κ2) is 4.51. The second-order valence-electron chi connectivity index (χ2n) is 3.73. The molecule has 2 rings (SSSR count). The summed E-state index contributed by atoms with van der Waals surface area (Å²) in [6, 6.07) is 10.0. The maximum atomic E-state index is 9.03. The molecule has 1 aliphatic carbocycles. The van der Waals surface area contributed by atoms with E-state index in [0.717, 1.165) is 30.4 Å². The molecule has 1 aromatic rings. The number of rotatable bonds is 2. The van der Waals surface area contributed by atoms with Crippen LogP contribution in [0.5, 0.6) is 0 Å². The molecule has 0 spiro atoms. The van der Waals surface area contributed by atoms with Crippen molar-refractivity contribution < 1.29 is 0 Å². The lowest BCUT2D eigenvalue weighted by Gasteiger charge is -2.07. The first-order valence-corrected chi connectivity index (χ1v) is 5.66. The monoisotopic (exact) mass is 217 g/mol. The van der Waals surface area contributed by atoms with Crippen molar-refractivity contribution in [3.63, 3.8) is 0 Å². The van der Waals surface area contributed by atoms with Gasteiger partial charge in [-0.15, -0.1) is 11.6 Å². The molecule has 0 aliphatic heterocycles. The van der Waals surface area contributed by atoms with Crippen molar-refractivity contribution in [2.24, 2.45) is 0 Å². The molecular weight excluding hydrogens is 206 g/mol. The summed E-state index contributed by atoms with van der Waals surface area (Å²) in [6.45, 7) is 0. The topological polar surface area (TPSA) is 23.8 Å². The summed E-state index contributed by atoms with van der Waals surface area (Å²) >= 11 is 5.91. The second-order valence-corrected chi connectivity index (χ2v) is 3.99. The highest BCUT2D eigenvalue weighted by atomic mass is 35.5. The quantitative estimate of drug-likeness (QED) is 0.693. The average molecular weight is 218 g/mol. The van der Waals surface area contributed by atoms with Crippen LogP contribution >= 0.6 is 11.6 Å². The highest BCUT2D eigenvalue weighted by Gasteiger charge is 2.17. The Bertz CT molecular complexity index is 440. The van der Waals surface area contributed by atoms with E-state index in [1.807, 2.05) is 24.3 Å². The van der Waals surface area contributed by atoms with Gasteiger partial charge < -0.3 is 0 Å². The van der Waals surface area contributed by atoms with E-state index in [9.17, 15) is 0 Å². The SMILES string of the molecule is N#Cc1ccccc1C1=C(CCl)CCC1. The van der Waals surface area contributed by atoms with Crippen molar-refractivity contribution in [1.82, 2.24) is 0 Å². The summed E-state index contributed by atoms with van der Waals surface area (Å²) < 4.78 is 0. The van der Waals surface area contributed by atoms with E-state index < -0.39 is 0 Å². The molecule has 1 aliphatic rings. The molecule has 0 heterocycles. The molecule has 0 saturated heterocycles. The lowest BCUT2D eigenvalue weighted by Crippen LogP contribution is -1.90. The van der Waals surface area contributed by atoms with Gasteiger partial charge in [0.1, 0.15) is 0 Å². The van der Waals surface area contributed by atoms with Gasteiger partial charge in [0.25, 0.3) is 0 Å². The third kappa shape index (κ3) is 1.91. The predicted octanol–water partition coefficient (Wildman–Crippen LogP) is 3.73. The average Bonchev–Trinajstić information content (AvgIpc) is 2.76. The number of alkyl halides is 1. The number of nitrogens with zero attached hydrogens (tertiary/aromatic N) is 1. The zero-order valence-electron chi connectivity index (χ0n) is 8.46. The van der Waals surface area contributed by atoms with Crippen LogP contribution in [-0.4, -0.2) is 5.88 Å². The van der Waals surface area contributed by atoms with Gasteiger partial charge in [-0.3, -0.25) is 0 Å². The van der Waals surface area contributed by atoms with Crippen LogP contribution in [0.4, 0.5) is 0 Å². The van der Waals surface area contributed by atoms with Crippen molar-refractivity contribution in [3.05, 3.63) is 41.0 Å². The minimum atomic E-state index is 0.592. The molecule has 15 heavy (non-hydrogen) atoms. The minimum Gasteiger partial charge on any atom is -0.192 e. The van der Waals surface area contributed by atoms with Gasteiger partial charge in [-0.1, -0.05) is 23.8 Å². The Morgan fingerprint density at radius 1 is 1.27 bits per heavy atom. The molecule has 0 fully saturated rings. The number of nitriles is 1. The minimum absolute atomic E-state index is 0.592. The van der Waals surface area contributed by atoms with Gasteiger partial charge in [0.2, 0.25) is 0 Å². The van der Waals surface area contributed by atoms with Gasteiger partial charge in [-0.2, -0.15) is 5.26 Å². The van der Waals surface area contributed by atoms with E-state index in [1.54, 1.807) is 0 Å². The third-order valence-electron chi connectivity index (χ3n) is 2.87. The molecule has 0 unspecified atom stereocenters. The van der Waals surface area contributed by atoms with E-state index in [1.165, 1.54) is 11.1 Å². The van der Waals surface area contributed by atoms with Gasteiger partial charge in [-0.25, -0.2) is 0 Å². The number of benzene rings is 1. The summed E-state index contributed by atoms with van der Waals surface area (Å²) in [5, 5.41) is 9.03. The van der Waals surface area contributed by atoms with E-state index in [-0.39, 0.29) is 0 Å². The Morgan fingerprint density at radius 3 is 2.80 bits per heavy atom. The van der Waals surface area contributed by atoms with Crippen LogP contribution in [0.3, 0.4) is 0 Å². The molecule has 0 amide bonds. The lowest BCUT2D eigenvalue weighted by molar-refractivity contribution is 0.911. The maximum absolute atomic E-state index is 9.03. The fourth-order valence-electron chi connectivity index (χ4n) is 2.12. The molecule has 0 aromatic heterocycles. The van der Waals surface area contributed by atoms with Gasteiger partial charge >= 0.3 is 0 Å². The summed E-state index contributed by atoms with van der Waals surface area (Å²) in [7, 11) is 0. The van der Waals surface area contributed by atoms with Crippen LogP contribution in [0.2, 0.25) is 0 Å².